The topological polar surface area (TPSA) is 116 Å². The van der Waals surface area contributed by atoms with Gasteiger partial charge >= 0.3 is 0 Å². The number of piperidine rings is 1. The molecule has 1 aromatic carbocycles. The van der Waals surface area contributed by atoms with E-state index in [1.807, 2.05) is 13.0 Å². The van der Waals surface area contributed by atoms with Gasteiger partial charge in [0, 0.05) is 32.0 Å². The zero-order chi connectivity index (χ0) is 27.1. The molecule has 0 saturated carbocycles. The van der Waals surface area contributed by atoms with Gasteiger partial charge in [-0.15, -0.1) is 0 Å². The smallest absolute Gasteiger partial charge is 0.148 e. The summed E-state index contributed by atoms with van der Waals surface area (Å²) in [6, 6.07) is 6.35. The number of aromatic nitrogens is 2. The number of ether oxygens (including phenoxy) is 1. The number of hydrogen-bond donors (Lipinski definition) is 2. The number of aryl methyl sites for hydroxylation is 3. The minimum atomic E-state index is -2.96. The SMILES string of the molecule is Cc1nc(N2CCO[C@@H](CO)C2)cc([C@@]2(O)CCc3cc(C)c(C4CCN(CCS(C)(=O)=O)CC4)cc32)n1. The third-order valence-corrected chi connectivity index (χ3v) is 9.34. The van der Waals surface area contributed by atoms with Gasteiger partial charge in [-0.1, -0.05) is 12.1 Å². The van der Waals surface area contributed by atoms with E-state index in [1.54, 1.807) is 0 Å². The fourth-order valence-electron chi connectivity index (χ4n) is 6.26. The number of likely N-dealkylation sites (tertiary alicyclic amines) is 1. The Bertz CT molecular complexity index is 1280. The summed E-state index contributed by atoms with van der Waals surface area (Å²) < 4.78 is 28.8. The molecule has 0 unspecified atom stereocenters. The summed E-state index contributed by atoms with van der Waals surface area (Å²) in [4.78, 5) is 13.7. The number of morpholine rings is 1. The van der Waals surface area contributed by atoms with Crippen molar-refractivity contribution in [3.05, 3.63) is 52.0 Å². The van der Waals surface area contributed by atoms with Crippen molar-refractivity contribution in [2.45, 2.75) is 57.2 Å². The highest BCUT2D eigenvalue weighted by Crippen LogP contribution is 2.45. The summed E-state index contributed by atoms with van der Waals surface area (Å²) in [5, 5.41) is 21.7. The molecule has 2 saturated heterocycles. The number of fused-ring (bicyclic) bond motifs is 1. The van der Waals surface area contributed by atoms with Crippen molar-refractivity contribution < 1.29 is 23.4 Å². The lowest BCUT2D eigenvalue weighted by atomic mass is 9.82. The van der Waals surface area contributed by atoms with E-state index in [-0.39, 0.29) is 18.5 Å². The quantitative estimate of drug-likeness (QED) is 0.537. The summed E-state index contributed by atoms with van der Waals surface area (Å²) in [6.45, 7) is 8.07. The van der Waals surface area contributed by atoms with Gasteiger partial charge in [0.15, 0.2) is 0 Å². The number of sulfone groups is 1. The maximum atomic E-state index is 12.1. The Morgan fingerprint density at radius 3 is 2.61 bits per heavy atom. The van der Waals surface area contributed by atoms with Gasteiger partial charge in [0.05, 0.1) is 30.8 Å². The van der Waals surface area contributed by atoms with Gasteiger partial charge in [-0.3, -0.25) is 0 Å². The first-order chi connectivity index (χ1) is 18.1. The van der Waals surface area contributed by atoms with Crippen LogP contribution in [-0.4, -0.2) is 97.5 Å². The Kier molecular flexibility index (Phi) is 7.81. The number of anilines is 1. The highest BCUT2D eigenvalue weighted by atomic mass is 32.2. The van der Waals surface area contributed by atoms with Gasteiger partial charge in [-0.25, -0.2) is 18.4 Å². The molecule has 2 atom stereocenters. The second-order valence-corrected chi connectivity index (χ2v) is 13.5. The Hall–Kier alpha value is -2.11. The molecule has 3 heterocycles. The van der Waals surface area contributed by atoms with E-state index in [4.69, 9.17) is 9.72 Å². The van der Waals surface area contributed by atoms with E-state index in [0.717, 1.165) is 43.7 Å². The van der Waals surface area contributed by atoms with Gasteiger partial charge in [-0.05, 0) is 80.8 Å². The Balaban J connectivity index is 1.39. The van der Waals surface area contributed by atoms with Crippen molar-refractivity contribution in [1.82, 2.24) is 14.9 Å². The first-order valence-corrected chi connectivity index (χ1v) is 15.7. The number of nitrogens with zero attached hydrogens (tertiary/aromatic N) is 4. The third kappa shape index (κ3) is 5.74. The molecule has 9 nitrogen and oxygen atoms in total. The molecule has 2 aliphatic heterocycles. The molecule has 0 spiro atoms. The fourth-order valence-corrected chi connectivity index (χ4v) is 6.85. The molecule has 0 bridgehead atoms. The Labute approximate surface area is 225 Å². The van der Waals surface area contributed by atoms with E-state index in [1.165, 1.54) is 22.9 Å². The maximum Gasteiger partial charge on any atom is 0.148 e. The number of rotatable bonds is 7. The molecule has 1 aromatic heterocycles. The van der Waals surface area contributed by atoms with Gasteiger partial charge in [0.1, 0.15) is 27.1 Å². The molecule has 208 valence electrons. The van der Waals surface area contributed by atoms with Crippen LogP contribution in [0.25, 0.3) is 0 Å². The molecule has 5 rings (SSSR count). The molecule has 3 aliphatic rings. The minimum absolute atomic E-state index is 0.0382. The molecule has 2 aromatic rings. The molecular weight excluding hydrogens is 504 g/mol. The van der Waals surface area contributed by atoms with Crippen LogP contribution in [0.2, 0.25) is 0 Å². The van der Waals surface area contributed by atoms with E-state index in [9.17, 15) is 18.6 Å². The van der Waals surface area contributed by atoms with Gasteiger partial charge < -0.3 is 24.7 Å². The first-order valence-electron chi connectivity index (χ1n) is 13.7. The largest absolute Gasteiger partial charge is 0.394 e. The number of benzene rings is 1. The lowest BCUT2D eigenvalue weighted by Crippen LogP contribution is -2.44. The van der Waals surface area contributed by atoms with Crippen LogP contribution < -0.4 is 4.90 Å². The number of hydrogen-bond acceptors (Lipinski definition) is 9. The first kappa shape index (κ1) is 27.5. The molecule has 0 radical (unpaired) electrons. The average Bonchev–Trinajstić information content (AvgIpc) is 3.23. The maximum absolute atomic E-state index is 12.1. The zero-order valence-electron chi connectivity index (χ0n) is 22.7. The zero-order valence-corrected chi connectivity index (χ0v) is 23.5. The highest BCUT2D eigenvalue weighted by molar-refractivity contribution is 7.90. The van der Waals surface area contributed by atoms with Gasteiger partial charge in [-0.2, -0.15) is 0 Å². The summed E-state index contributed by atoms with van der Waals surface area (Å²) >= 11 is 0. The van der Waals surface area contributed by atoms with Crippen molar-refractivity contribution in [2.75, 3.05) is 62.8 Å². The predicted octanol–water partition coefficient (Wildman–Crippen LogP) is 1.70. The predicted molar refractivity (Wildman–Crippen MR) is 146 cm³/mol. The van der Waals surface area contributed by atoms with Crippen LogP contribution in [0.3, 0.4) is 0 Å². The molecule has 10 heteroatoms. The Morgan fingerprint density at radius 2 is 1.89 bits per heavy atom. The van der Waals surface area contributed by atoms with Crippen LogP contribution in [0.1, 0.15) is 59.0 Å². The third-order valence-electron chi connectivity index (χ3n) is 8.41. The van der Waals surface area contributed by atoms with Crippen LogP contribution in [0.5, 0.6) is 0 Å². The highest BCUT2D eigenvalue weighted by Gasteiger charge is 2.41. The van der Waals surface area contributed by atoms with Gasteiger partial charge in [0.25, 0.3) is 0 Å². The van der Waals surface area contributed by atoms with Crippen molar-refractivity contribution in [3.63, 3.8) is 0 Å². The second-order valence-electron chi connectivity index (χ2n) is 11.3. The summed E-state index contributed by atoms with van der Waals surface area (Å²) in [7, 11) is -2.96. The Morgan fingerprint density at radius 1 is 1.13 bits per heavy atom. The number of aliphatic hydroxyl groups excluding tert-OH is 1. The molecular formula is C28H40N4O5S. The standard InChI is InChI=1S/C28H40N4O5S/c1-19-14-22-4-7-28(34,26-16-27(30-20(2)29-26)32-10-12-37-23(17-32)18-33)25(22)15-24(19)21-5-8-31(9-6-21)11-13-38(3,35)36/h14-16,21,23,33-34H,4-13,17-18H2,1-3H3/t23-,28-/m1/s1. The summed E-state index contributed by atoms with van der Waals surface area (Å²) in [5.74, 6) is 1.95. The molecule has 2 fully saturated rings. The number of aliphatic hydroxyl groups is 2. The van der Waals surface area contributed by atoms with Crippen LogP contribution >= 0.6 is 0 Å². The van der Waals surface area contributed by atoms with E-state index < -0.39 is 15.4 Å². The van der Waals surface area contributed by atoms with Crippen LogP contribution in [0, 0.1) is 13.8 Å². The average molecular weight is 545 g/mol. The van der Waals surface area contributed by atoms with Gasteiger partial charge in [0.2, 0.25) is 0 Å². The van der Waals surface area contributed by atoms with Crippen LogP contribution in [0.15, 0.2) is 18.2 Å². The molecule has 1 aliphatic carbocycles. The van der Waals surface area contributed by atoms with Crippen molar-refractivity contribution in [3.8, 4) is 0 Å². The van der Waals surface area contributed by atoms with Crippen LogP contribution in [0.4, 0.5) is 5.82 Å². The monoisotopic (exact) mass is 544 g/mol. The molecule has 2 N–H and O–H groups in total. The van der Waals surface area contributed by atoms with Crippen molar-refractivity contribution >= 4 is 15.7 Å². The minimum Gasteiger partial charge on any atom is -0.394 e. The van der Waals surface area contributed by atoms with Crippen molar-refractivity contribution in [2.24, 2.45) is 0 Å². The molecule has 0 amide bonds. The van der Waals surface area contributed by atoms with Crippen LogP contribution in [-0.2, 0) is 26.6 Å². The molecule has 38 heavy (non-hydrogen) atoms. The fraction of sp³-hybridized carbons (Fsp3) is 0.643. The summed E-state index contributed by atoms with van der Waals surface area (Å²) in [6.07, 6.45) is 4.36. The normalized spacial score (nSPS) is 25.1. The lowest BCUT2D eigenvalue weighted by Gasteiger charge is -2.34. The summed E-state index contributed by atoms with van der Waals surface area (Å²) in [5.41, 5.74) is 4.08. The lowest BCUT2D eigenvalue weighted by molar-refractivity contribution is 0.00331. The van der Waals surface area contributed by atoms with E-state index in [0.29, 0.717) is 50.1 Å². The second kappa shape index (κ2) is 10.8. The van der Waals surface area contributed by atoms with Crippen molar-refractivity contribution in [1.29, 1.82) is 0 Å². The van der Waals surface area contributed by atoms with E-state index >= 15 is 0 Å². The van der Waals surface area contributed by atoms with E-state index in [2.05, 4.69) is 33.8 Å².